The zero-order valence-corrected chi connectivity index (χ0v) is 14.5. The summed E-state index contributed by atoms with van der Waals surface area (Å²) in [5, 5.41) is 12.0. The molecule has 2 unspecified atom stereocenters. The van der Waals surface area contributed by atoms with E-state index in [1.807, 2.05) is 13.8 Å². The summed E-state index contributed by atoms with van der Waals surface area (Å²) in [6, 6.07) is 0. The van der Waals surface area contributed by atoms with Gasteiger partial charge in [0.2, 0.25) is 0 Å². The van der Waals surface area contributed by atoms with Crippen molar-refractivity contribution in [1.82, 2.24) is 0 Å². The first-order valence-electron chi connectivity index (χ1n) is 8.21. The van der Waals surface area contributed by atoms with E-state index < -0.39 is 5.60 Å². The van der Waals surface area contributed by atoms with Gasteiger partial charge in [-0.2, -0.15) is 0 Å². The fraction of sp³-hybridized carbons (Fsp3) is 1.00. The number of ether oxygens (including phenoxy) is 2. The second kappa shape index (κ2) is 9.75. The molecule has 0 aromatic rings. The van der Waals surface area contributed by atoms with Crippen molar-refractivity contribution in [3.05, 3.63) is 0 Å². The van der Waals surface area contributed by atoms with E-state index in [2.05, 4.69) is 20.8 Å². The molecule has 20 heavy (non-hydrogen) atoms. The number of unbranched alkanes of at least 4 members (excludes halogenated alkanes) is 2. The Balaban J connectivity index is 3.63. The summed E-state index contributed by atoms with van der Waals surface area (Å²) in [4.78, 5) is 0. The molecule has 0 fully saturated rings. The van der Waals surface area contributed by atoms with Gasteiger partial charge < -0.3 is 9.47 Å². The second-order valence-electron chi connectivity index (χ2n) is 6.60. The van der Waals surface area contributed by atoms with Gasteiger partial charge in [-0.15, -0.1) is 0 Å². The standard InChI is InChI=1S/C17H35O3/c1-7-13-20-16(4,5)12-10-9-11-14-19-15(3)17(6,18)8-2/h15H,7-14H2,1-6H3. The highest BCUT2D eigenvalue weighted by atomic mass is 16.5. The van der Waals surface area contributed by atoms with Crippen molar-refractivity contribution >= 4 is 0 Å². The summed E-state index contributed by atoms with van der Waals surface area (Å²) in [7, 11) is 0. The fourth-order valence-corrected chi connectivity index (χ4v) is 2.00. The van der Waals surface area contributed by atoms with Crippen LogP contribution in [0.25, 0.3) is 0 Å². The highest BCUT2D eigenvalue weighted by molar-refractivity contribution is 4.77. The molecule has 0 bridgehead atoms. The summed E-state index contributed by atoms with van der Waals surface area (Å²) >= 11 is 0. The lowest BCUT2D eigenvalue weighted by molar-refractivity contribution is -0.129. The van der Waals surface area contributed by atoms with Gasteiger partial charge >= 0.3 is 0 Å². The van der Waals surface area contributed by atoms with Gasteiger partial charge in [0.25, 0.3) is 0 Å². The van der Waals surface area contributed by atoms with Crippen LogP contribution in [0.15, 0.2) is 0 Å². The molecular formula is C17H35O3. The third kappa shape index (κ3) is 8.93. The van der Waals surface area contributed by atoms with Crippen LogP contribution in [0.3, 0.4) is 0 Å². The van der Waals surface area contributed by atoms with E-state index in [1.165, 1.54) is 0 Å². The van der Waals surface area contributed by atoms with Crippen molar-refractivity contribution in [3.63, 3.8) is 0 Å². The Morgan fingerprint density at radius 3 is 2.20 bits per heavy atom. The van der Waals surface area contributed by atoms with Gasteiger partial charge in [-0.05, 0) is 53.4 Å². The zero-order valence-electron chi connectivity index (χ0n) is 14.5. The van der Waals surface area contributed by atoms with Crippen LogP contribution in [0.4, 0.5) is 0 Å². The molecule has 3 heteroatoms. The largest absolute Gasteiger partial charge is 0.376 e. The van der Waals surface area contributed by atoms with Crippen LogP contribution < -0.4 is 0 Å². The Labute approximate surface area is 126 Å². The molecule has 0 aliphatic rings. The highest BCUT2D eigenvalue weighted by Crippen LogP contribution is 2.20. The molecule has 0 rings (SSSR count). The van der Waals surface area contributed by atoms with Gasteiger partial charge in [0.05, 0.1) is 11.7 Å². The van der Waals surface area contributed by atoms with Crippen LogP contribution in [0.2, 0.25) is 0 Å². The zero-order chi connectivity index (χ0) is 15.6. The van der Waals surface area contributed by atoms with Gasteiger partial charge in [-0.25, -0.2) is 5.11 Å². The molecule has 121 valence electrons. The molecule has 0 saturated carbocycles. The first-order chi connectivity index (χ1) is 9.25. The monoisotopic (exact) mass is 287 g/mol. The first kappa shape index (κ1) is 19.9. The molecule has 0 aliphatic heterocycles. The lowest BCUT2D eigenvalue weighted by Gasteiger charge is -2.27. The lowest BCUT2D eigenvalue weighted by Crippen LogP contribution is -2.37. The summed E-state index contributed by atoms with van der Waals surface area (Å²) in [5.74, 6) is 0. The molecule has 0 heterocycles. The molecule has 0 amide bonds. The Morgan fingerprint density at radius 2 is 1.65 bits per heavy atom. The normalized spacial score (nSPS) is 16.9. The minimum Gasteiger partial charge on any atom is -0.376 e. The molecule has 0 aromatic heterocycles. The topological polar surface area (TPSA) is 38.4 Å². The summed E-state index contributed by atoms with van der Waals surface area (Å²) in [6.07, 6.45) is 5.85. The van der Waals surface area contributed by atoms with Gasteiger partial charge in [0.15, 0.2) is 0 Å². The maximum Gasteiger partial charge on any atom is 0.126 e. The molecule has 0 N–H and O–H groups in total. The quantitative estimate of drug-likeness (QED) is 0.485. The summed E-state index contributed by atoms with van der Waals surface area (Å²) in [5.41, 5.74) is -0.976. The van der Waals surface area contributed by atoms with E-state index in [4.69, 9.17) is 9.47 Å². The Morgan fingerprint density at radius 1 is 1.00 bits per heavy atom. The van der Waals surface area contributed by atoms with Crippen LogP contribution in [0, 0.1) is 0 Å². The fourth-order valence-electron chi connectivity index (χ4n) is 2.00. The average Bonchev–Trinajstić information content (AvgIpc) is 2.40. The van der Waals surface area contributed by atoms with Crippen LogP contribution >= 0.6 is 0 Å². The van der Waals surface area contributed by atoms with Crippen LogP contribution in [-0.4, -0.2) is 30.5 Å². The van der Waals surface area contributed by atoms with E-state index in [0.717, 1.165) is 38.7 Å². The number of hydrogen-bond acceptors (Lipinski definition) is 2. The van der Waals surface area contributed by atoms with Gasteiger partial charge in [-0.3, -0.25) is 0 Å². The van der Waals surface area contributed by atoms with Crippen LogP contribution in [0.5, 0.6) is 0 Å². The highest BCUT2D eigenvalue weighted by Gasteiger charge is 2.28. The van der Waals surface area contributed by atoms with E-state index >= 15 is 0 Å². The van der Waals surface area contributed by atoms with E-state index in [-0.39, 0.29) is 11.7 Å². The van der Waals surface area contributed by atoms with Gasteiger partial charge in [0.1, 0.15) is 5.60 Å². The minimum atomic E-state index is -0.962. The summed E-state index contributed by atoms with van der Waals surface area (Å²) in [6.45, 7) is 13.5. The SMILES string of the molecule is CCCOC(C)(C)CCCCCOC(C)C(C)([O])CC. The maximum atomic E-state index is 12.0. The molecular weight excluding hydrogens is 252 g/mol. The van der Waals surface area contributed by atoms with Crippen molar-refractivity contribution in [1.29, 1.82) is 0 Å². The predicted molar refractivity (Wildman–Crippen MR) is 83.6 cm³/mol. The lowest BCUT2D eigenvalue weighted by atomic mass is 9.97. The van der Waals surface area contributed by atoms with Crippen molar-refractivity contribution in [2.45, 2.75) is 97.4 Å². The smallest absolute Gasteiger partial charge is 0.126 e. The first-order valence-corrected chi connectivity index (χ1v) is 8.21. The minimum absolute atomic E-state index is 0.0139. The van der Waals surface area contributed by atoms with Crippen LogP contribution in [0.1, 0.15) is 80.1 Å². The molecule has 2 atom stereocenters. The molecule has 0 spiro atoms. The van der Waals surface area contributed by atoms with Crippen molar-refractivity contribution < 1.29 is 14.6 Å². The average molecular weight is 287 g/mol. The molecule has 3 nitrogen and oxygen atoms in total. The molecule has 0 aromatic carbocycles. The van der Waals surface area contributed by atoms with E-state index in [0.29, 0.717) is 13.0 Å². The molecule has 0 saturated heterocycles. The van der Waals surface area contributed by atoms with Crippen molar-refractivity contribution in [2.24, 2.45) is 0 Å². The van der Waals surface area contributed by atoms with Gasteiger partial charge in [0, 0.05) is 13.2 Å². The second-order valence-corrected chi connectivity index (χ2v) is 6.60. The van der Waals surface area contributed by atoms with E-state index in [1.54, 1.807) is 6.92 Å². The third-order valence-electron chi connectivity index (χ3n) is 4.05. The number of rotatable bonds is 12. The Bertz CT molecular complexity index is 236. The summed E-state index contributed by atoms with van der Waals surface area (Å²) < 4.78 is 11.5. The Kier molecular flexibility index (Phi) is 9.69. The predicted octanol–water partition coefficient (Wildman–Crippen LogP) is 4.76. The maximum absolute atomic E-state index is 12.0. The Hall–Kier alpha value is -0.120. The van der Waals surface area contributed by atoms with Crippen LogP contribution in [-0.2, 0) is 14.6 Å². The third-order valence-corrected chi connectivity index (χ3v) is 4.05. The van der Waals surface area contributed by atoms with Gasteiger partial charge in [-0.1, -0.05) is 26.7 Å². The van der Waals surface area contributed by atoms with E-state index in [9.17, 15) is 5.11 Å². The van der Waals surface area contributed by atoms with Crippen molar-refractivity contribution in [2.75, 3.05) is 13.2 Å². The molecule has 0 aliphatic carbocycles. The number of hydrogen-bond donors (Lipinski definition) is 0. The van der Waals surface area contributed by atoms with Crippen molar-refractivity contribution in [3.8, 4) is 0 Å². The molecule has 1 radical (unpaired) electrons.